The third-order valence-electron chi connectivity index (χ3n) is 3.13. The van der Waals surface area contributed by atoms with E-state index in [-0.39, 0.29) is 12.5 Å². The molecule has 2 heteroatoms. The van der Waals surface area contributed by atoms with Crippen molar-refractivity contribution >= 4 is 0 Å². The second-order valence-corrected chi connectivity index (χ2v) is 4.33. The summed E-state index contributed by atoms with van der Waals surface area (Å²) in [5.74, 6) is 0.120. The van der Waals surface area contributed by atoms with Crippen LogP contribution in [-0.2, 0) is 12.0 Å². The molecule has 0 saturated heterocycles. The Kier molecular flexibility index (Phi) is 3.89. The van der Waals surface area contributed by atoms with Crippen LogP contribution in [0.25, 0.3) is 0 Å². The van der Waals surface area contributed by atoms with Gasteiger partial charge in [-0.15, -0.1) is 0 Å². The maximum atomic E-state index is 10.4. The van der Waals surface area contributed by atoms with E-state index in [1.54, 1.807) is 0 Å². The van der Waals surface area contributed by atoms with Gasteiger partial charge in [-0.1, -0.05) is 45.0 Å². The van der Waals surface area contributed by atoms with Crippen LogP contribution in [0.4, 0.5) is 0 Å². The predicted octanol–water partition coefficient (Wildman–Crippen LogP) is 2.05. The van der Waals surface area contributed by atoms with Crippen LogP contribution < -0.4 is 5.73 Å². The van der Waals surface area contributed by atoms with Crippen LogP contribution in [0.5, 0.6) is 0 Å². The summed E-state index contributed by atoms with van der Waals surface area (Å²) < 4.78 is 0. The second-order valence-electron chi connectivity index (χ2n) is 4.33. The van der Waals surface area contributed by atoms with Crippen LogP contribution in [0.3, 0.4) is 0 Å². The first-order valence-electron chi connectivity index (χ1n) is 5.56. The molecule has 0 aromatic heterocycles. The van der Waals surface area contributed by atoms with E-state index in [9.17, 15) is 5.11 Å². The largest absolute Gasteiger partial charge is 0.384 e. The van der Waals surface area contributed by atoms with E-state index in [4.69, 9.17) is 5.73 Å². The third-order valence-corrected chi connectivity index (χ3v) is 3.13. The van der Waals surface area contributed by atoms with Crippen molar-refractivity contribution in [2.24, 2.45) is 11.7 Å². The van der Waals surface area contributed by atoms with Gasteiger partial charge in [-0.25, -0.2) is 0 Å². The molecule has 84 valence electrons. The van der Waals surface area contributed by atoms with Gasteiger partial charge in [-0.3, -0.25) is 0 Å². The molecule has 1 unspecified atom stereocenters. The third kappa shape index (κ3) is 2.39. The Labute approximate surface area is 92.1 Å². The molecular weight excluding hydrogens is 186 g/mol. The lowest BCUT2D eigenvalue weighted by Gasteiger charge is -2.31. The van der Waals surface area contributed by atoms with Gasteiger partial charge in [0.25, 0.3) is 0 Å². The number of nitrogens with two attached hydrogens (primary N) is 1. The molecule has 15 heavy (non-hydrogen) atoms. The van der Waals surface area contributed by atoms with Gasteiger partial charge in [0.1, 0.15) is 5.60 Å². The van der Waals surface area contributed by atoms with Crippen LogP contribution >= 0.6 is 0 Å². The summed E-state index contributed by atoms with van der Waals surface area (Å²) in [7, 11) is 0. The lowest BCUT2D eigenvalue weighted by molar-refractivity contribution is -0.00115. The molecule has 0 amide bonds. The summed E-state index contributed by atoms with van der Waals surface area (Å²) in [6.45, 7) is 6.35. The molecule has 3 N–H and O–H groups in total. The van der Waals surface area contributed by atoms with Crippen molar-refractivity contribution in [1.29, 1.82) is 0 Å². The lowest BCUT2D eigenvalue weighted by Crippen LogP contribution is -2.39. The zero-order valence-electron chi connectivity index (χ0n) is 9.83. The Balaban J connectivity index is 3.03. The van der Waals surface area contributed by atoms with Crippen LogP contribution in [0.2, 0.25) is 0 Å². The summed E-state index contributed by atoms with van der Waals surface area (Å²) in [5, 5.41) is 10.4. The summed E-state index contributed by atoms with van der Waals surface area (Å²) in [4.78, 5) is 0. The average molecular weight is 207 g/mol. The van der Waals surface area contributed by atoms with E-state index in [0.29, 0.717) is 0 Å². The molecule has 1 rings (SSSR count). The zero-order valence-corrected chi connectivity index (χ0v) is 9.83. The van der Waals surface area contributed by atoms with Crippen LogP contribution in [0.15, 0.2) is 24.3 Å². The molecule has 0 radical (unpaired) electrons. The van der Waals surface area contributed by atoms with Crippen molar-refractivity contribution in [3.63, 3.8) is 0 Å². The lowest BCUT2D eigenvalue weighted by atomic mass is 9.83. The molecule has 1 atom stereocenters. The molecule has 1 aromatic rings. The molecule has 2 nitrogen and oxygen atoms in total. The molecule has 0 fully saturated rings. The average Bonchev–Trinajstić information content (AvgIpc) is 2.28. The Morgan fingerprint density at radius 2 is 1.80 bits per heavy atom. The summed E-state index contributed by atoms with van der Waals surface area (Å²) in [6.07, 6.45) is 1.02. The van der Waals surface area contributed by atoms with Gasteiger partial charge in [0, 0.05) is 6.54 Å². The number of rotatable bonds is 4. The molecule has 0 aliphatic heterocycles. The standard InChI is InChI=1S/C13H21NO/c1-4-11-5-7-12(8-6-11)13(15,9-14)10(2)3/h5-8,10,15H,4,9,14H2,1-3H3. The van der Waals surface area contributed by atoms with Gasteiger partial charge in [0.15, 0.2) is 0 Å². The minimum atomic E-state index is -0.897. The molecule has 0 saturated carbocycles. The molecular formula is C13H21NO. The molecule has 0 heterocycles. The normalized spacial score (nSPS) is 15.3. The molecule has 1 aromatic carbocycles. The maximum Gasteiger partial charge on any atom is 0.104 e. The molecule has 0 spiro atoms. The zero-order chi connectivity index (χ0) is 11.5. The number of hydrogen-bond donors (Lipinski definition) is 2. The predicted molar refractivity (Wildman–Crippen MR) is 63.6 cm³/mol. The van der Waals surface area contributed by atoms with E-state index < -0.39 is 5.60 Å². The van der Waals surface area contributed by atoms with Gasteiger partial charge < -0.3 is 10.8 Å². The second kappa shape index (κ2) is 4.77. The number of hydrogen-bond acceptors (Lipinski definition) is 2. The fraction of sp³-hybridized carbons (Fsp3) is 0.538. The maximum absolute atomic E-state index is 10.4. The van der Waals surface area contributed by atoms with Gasteiger partial charge in [-0.05, 0) is 23.5 Å². The van der Waals surface area contributed by atoms with E-state index in [2.05, 4.69) is 19.1 Å². The van der Waals surface area contributed by atoms with Crippen molar-refractivity contribution in [2.45, 2.75) is 32.8 Å². The minimum Gasteiger partial charge on any atom is -0.384 e. The molecule has 0 aliphatic carbocycles. The highest BCUT2D eigenvalue weighted by atomic mass is 16.3. The van der Waals surface area contributed by atoms with Gasteiger partial charge >= 0.3 is 0 Å². The van der Waals surface area contributed by atoms with Crippen molar-refractivity contribution in [3.05, 3.63) is 35.4 Å². The first kappa shape index (κ1) is 12.2. The first-order valence-corrected chi connectivity index (χ1v) is 5.56. The highest BCUT2D eigenvalue weighted by Gasteiger charge is 2.31. The number of aliphatic hydroxyl groups is 1. The van der Waals surface area contributed by atoms with Crippen LogP contribution in [0, 0.1) is 5.92 Å². The SMILES string of the molecule is CCc1ccc(C(O)(CN)C(C)C)cc1. The van der Waals surface area contributed by atoms with E-state index in [1.165, 1.54) is 5.56 Å². The van der Waals surface area contributed by atoms with Crippen LogP contribution in [-0.4, -0.2) is 11.7 Å². The van der Waals surface area contributed by atoms with Crippen molar-refractivity contribution in [3.8, 4) is 0 Å². The quantitative estimate of drug-likeness (QED) is 0.793. The van der Waals surface area contributed by atoms with Gasteiger partial charge in [0.2, 0.25) is 0 Å². The minimum absolute atomic E-state index is 0.120. The highest BCUT2D eigenvalue weighted by Crippen LogP contribution is 2.28. The van der Waals surface area contributed by atoms with Gasteiger partial charge in [-0.2, -0.15) is 0 Å². The topological polar surface area (TPSA) is 46.2 Å². The highest BCUT2D eigenvalue weighted by molar-refractivity contribution is 5.28. The van der Waals surface area contributed by atoms with Crippen molar-refractivity contribution in [2.75, 3.05) is 6.54 Å². The Hall–Kier alpha value is -0.860. The monoisotopic (exact) mass is 207 g/mol. The van der Waals surface area contributed by atoms with Crippen molar-refractivity contribution < 1.29 is 5.11 Å². The van der Waals surface area contributed by atoms with Crippen LogP contribution in [0.1, 0.15) is 31.9 Å². The number of aryl methyl sites for hydroxylation is 1. The Morgan fingerprint density at radius 1 is 1.27 bits per heavy atom. The Morgan fingerprint density at radius 3 is 2.13 bits per heavy atom. The summed E-state index contributed by atoms with van der Waals surface area (Å²) in [6, 6.07) is 8.06. The molecule has 0 aliphatic rings. The van der Waals surface area contributed by atoms with Crippen molar-refractivity contribution in [1.82, 2.24) is 0 Å². The Bertz CT molecular complexity index is 305. The summed E-state index contributed by atoms with van der Waals surface area (Å²) >= 11 is 0. The summed E-state index contributed by atoms with van der Waals surface area (Å²) in [5.41, 5.74) is 6.96. The van der Waals surface area contributed by atoms with Gasteiger partial charge in [0.05, 0.1) is 0 Å². The van der Waals surface area contributed by atoms with E-state index >= 15 is 0 Å². The van der Waals surface area contributed by atoms with E-state index in [0.717, 1.165) is 12.0 Å². The first-order chi connectivity index (χ1) is 7.04. The molecule has 0 bridgehead atoms. The number of benzene rings is 1. The fourth-order valence-electron chi connectivity index (χ4n) is 1.72. The fourth-order valence-corrected chi connectivity index (χ4v) is 1.72. The smallest absolute Gasteiger partial charge is 0.104 e. The van der Waals surface area contributed by atoms with E-state index in [1.807, 2.05) is 26.0 Å².